The van der Waals surface area contributed by atoms with Gasteiger partial charge < -0.3 is 20.1 Å². The van der Waals surface area contributed by atoms with Crippen LogP contribution in [0.3, 0.4) is 0 Å². The molecule has 4 rings (SSSR count). The normalized spacial score (nSPS) is 16.4. The van der Waals surface area contributed by atoms with E-state index in [1.165, 1.54) is 0 Å². The molecule has 166 valence electrons. The van der Waals surface area contributed by atoms with Gasteiger partial charge in [0.1, 0.15) is 11.8 Å². The van der Waals surface area contributed by atoms with Gasteiger partial charge in [0, 0.05) is 24.0 Å². The molecule has 1 aliphatic heterocycles. The van der Waals surface area contributed by atoms with Gasteiger partial charge in [-0.25, -0.2) is 0 Å². The van der Waals surface area contributed by atoms with Crippen molar-refractivity contribution in [3.8, 4) is 11.8 Å². The van der Waals surface area contributed by atoms with Crippen LogP contribution in [0.4, 0.5) is 11.5 Å². The third-order valence-electron chi connectivity index (χ3n) is 6.17. The molecule has 3 aromatic rings. The molecule has 32 heavy (non-hydrogen) atoms. The van der Waals surface area contributed by atoms with Crippen molar-refractivity contribution < 1.29 is 9.84 Å². The lowest BCUT2D eigenvalue weighted by Gasteiger charge is -2.37. The molecule has 1 aliphatic rings. The van der Waals surface area contributed by atoms with Gasteiger partial charge in [-0.2, -0.15) is 10.4 Å². The molecule has 1 atom stereocenters. The zero-order valence-electron chi connectivity index (χ0n) is 18.9. The van der Waals surface area contributed by atoms with Crippen LogP contribution in [0.15, 0.2) is 30.5 Å². The van der Waals surface area contributed by atoms with Crippen LogP contribution in [-0.2, 0) is 0 Å². The predicted molar refractivity (Wildman–Crippen MR) is 124 cm³/mol. The number of fused-ring (bicyclic) bond motifs is 1. The van der Waals surface area contributed by atoms with E-state index in [0.717, 1.165) is 53.8 Å². The third kappa shape index (κ3) is 4.16. The number of nitriles is 1. The molecule has 0 saturated carbocycles. The Bertz CT molecular complexity index is 1180. The lowest BCUT2D eigenvalue weighted by molar-refractivity contribution is 0.0351. The maximum absolute atomic E-state index is 10.3. The fraction of sp³-hybridized carbons (Fsp3) is 0.417. The number of hydrogen-bond donors (Lipinski definition) is 2. The maximum atomic E-state index is 10.3. The number of nitrogens with zero attached hydrogens (tertiary/aromatic N) is 5. The first-order chi connectivity index (χ1) is 15.3. The molecular formula is C24H28N6O2. The van der Waals surface area contributed by atoms with Crippen molar-refractivity contribution in [3.05, 3.63) is 47.3 Å². The van der Waals surface area contributed by atoms with Crippen LogP contribution in [0.25, 0.3) is 10.9 Å². The number of piperidine rings is 1. The number of hydrogen-bond acceptors (Lipinski definition) is 8. The molecule has 2 aromatic heterocycles. The molecule has 0 spiro atoms. The minimum atomic E-state index is -0.609. The Balaban J connectivity index is 1.69. The molecule has 1 saturated heterocycles. The van der Waals surface area contributed by atoms with Crippen LogP contribution in [0.1, 0.15) is 49.6 Å². The van der Waals surface area contributed by atoms with Crippen molar-refractivity contribution in [2.75, 3.05) is 30.4 Å². The second-order valence-corrected chi connectivity index (χ2v) is 8.61. The summed E-state index contributed by atoms with van der Waals surface area (Å²) in [7, 11) is 1.57. The van der Waals surface area contributed by atoms with Crippen molar-refractivity contribution in [2.45, 2.75) is 45.3 Å². The Labute approximate surface area is 187 Å². The van der Waals surface area contributed by atoms with Crippen molar-refractivity contribution in [3.63, 3.8) is 0 Å². The molecule has 8 nitrogen and oxygen atoms in total. The number of nitrogens with one attached hydrogen (secondary N) is 1. The number of aryl methyl sites for hydroxylation is 1. The van der Waals surface area contributed by atoms with E-state index in [1.54, 1.807) is 13.2 Å². The Morgan fingerprint density at radius 1 is 1.28 bits per heavy atom. The minimum Gasteiger partial charge on any atom is -0.495 e. The van der Waals surface area contributed by atoms with E-state index >= 15 is 0 Å². The highest BCUT2D eigenvalue weighted by atomic mass is 16.5. The van der Waals surface area contributed by atoms with Crippen molar-refractivity contribution >= 4 is 22.4 Å². The molecule has 0 radical (unpaired) electrons. The van der Waals surface area contributed by atoms with E-state index in [1.807, 2.05) is 39.1 Å². The fourth-order valence-corrected chi connectivity index (χ4v) is 4.17. The zero-order chi connectivity index (χ0) is 22.9. The smallest absolute Gasteiger partial charge is 0.158 e. The Hall–Kier alpha value is -3.44. The topological polar surface area (TPSA) is 107 Å². The van der Waals surface area contributed by atoms with Gasteiger partial charge in [-0.3, -0.25) is 4.98 Å². The molecule has 0 bridgehead atoms. The highest BCUT2D eigenvalue weighted by Crippen LogP contribution is 2.34. The van der Waals surface area contributed by atoms with E-state index in [9.17, 15) is 10.4 Å². The summed E-state index contributed by atoms with van der Waals surface area (Å²) in [4.78, 5) is 6.92. The van der Waals surface area contributed by atoms with Crippen molar-refractivity contribution in [1.29, 1.82) is 5.26 Å². The SMILES string of the molecule is COc1c(C#N)cccc1[C@@H](C)Nc1nnc(C)c2ncc(N3CCC(C)(O)CC3)cc12. The van der Waals surface area contributed by atoms with Gasteiger partial charge >= 0.3 is 0 Å². The second-order valence-electron chi connectivity index (χ2n) is 8.61. The summed E-state index contributed by atoms with van der Waals surface area (Å²) in [6.07, 6.45) is 3.30. The standard InChI is InChI=1S/C24H28N6O2/c1-15(19-7-5-6-17(13-25)22(19)32-4)27-23-20-12-18(14-26-21(20)16(2)28-29-23)30-10-8-24(3,31)9-11-30/h5-7,12,14-15,31H,8-11H2,1-4H3,(H,27,29)/t15-/m1/s1. The van der Waals surface area contributed by atoms with Gasteiger partial charge in [0.15, 0.2) is 5.82 Å². The van der Waals surface area contributed by atoms with Crippen LogP contribution in [-0.4, -0.2) is 46.1 Å². The molecule has 0 aliphatic carbocycles. The summed E-state index contributed by atoms with van der Waals surface area (Å²) in [5, 5.41) is 32.7. The number of rotatable bonds is 5. The number of anilines is 2. The highest BCUT2D eigenvalue weighted by Gasteiger charge is 2.28. The van der Waals surface area contributed by atoms with Crippen LogP contribution in [0, 0.1) is 18.3 Å². The average Bonchev–Trinajstić information content (AvgIpc) is 2.80. The van der Waals surface area contributed by atoms with Crippen molar-refractivity contribution in [2.24, 2.45) is 0 Å². The molecule has 2 N–H and O–H groups in total. The van der Waals surface area contributed by atoms with Crippen LogP contribution < -0.4 is 15.0 Å². The van der Waals surface area contributed by atoms with Gasteiger partial charge in [0.2, 0.25) is 0 Å². The van der Waals surface area contributed by atoms with Gasteiger partial charge in [-0.05, 0) is 45.7 Å². The van der Waals surface area contributed by atoms with Crippen LogP contribution in [0.2, 0.25) is 0 Å². The third-order valence-corrected chi connectivity index (χ3v) is 6.17. The number of benzene rings is 1. The maximum Gasteiger partial charge on any atom is 0.158 e. The number of methoxy groups -OCH3 is 1. The lowest BCUT2D eigenvalue weighted by atomic mass is 9.93. The number of ether oxygens (including phenoxy) is 1. The number of para-hydroxylation sites is 1. The number of pyridine rings is 1. The van der Waals surface area contributed by atoms with Crippen molar-refractivity contribution in [1.82, 2.24) is 15.2 Å². The van der Waals surface area contributed by atoms with Gasteiger partial charge in [0.05, 0.1) is 47.4 Å². The first kappa shape index (κ1) is 21.8. The highest BCUT2D eigenvalue weighted by molar-refractivity contribution is 5.92. The molecule has 0 unspecified atom stereocenters. The first-order valence-corrected chi connectivity index (χ1v) is 10.8. The summed E-state index contributed by atoms with van der Waals surface area (Å²) in [6.45, 7) is 7.33. The van der Waals surface area contributed by atoms with E-state index in [-0.39, 0.29) is 6.04 Å². The Morgan fingerprint density at radius 2 is 2.03 bits per heavy atom. The number of aliphatic hydroxyl groups is 1. The molecule has 3 heterocycles. The summed E-state index contributed by atoms with van der Waals surface area (Å²) < 4.78 is 5.51. The van der Waals surface area contributed by atoms with E-state index in [4.69, 9.17) is 4.74 Å². The molecular weight excluding hydrogens is 404 g/mol. The van der Waals surface area contributed by atoms with Gasteiger partial charge in [0.25, 0.3) is 0 Å². The first-order valence-electron chi connectivity index (χ1n) is 10.8. The minimum absolute atomic E-state index is 0.174. The van der Waals surface area contributed by atoms with E-state index in [2.05, 4.69) is 37.5 Å². The van der Waals surface area contributed by atoms with Gasteiger partial charge in [-0.1, -0.05) is 12.1 Å². The zero-order valence-corrected chi connectivity index (χ0v) is 18.9. The van der Waals surface area contributed by atoms with Gasteiger partial charge in [-0.15, -0.1) is 5.10 Å². The monoisotopic (exact) mass is 432 g/mol. The lowest BCUT2D eigenvalue weighted by Crippen LogP contribution is -2.42. The summed E-state index contributed by atoms with van der Waals surface area (Å²) in [5.41, 5.74) is 3.30. The Kier molecular flexibility index (Phi) is 5.85. The average molecular weight is 433 g/mol. The fourth-order valence-electron chi connectivity index (χ4n) is 4.17. The largest absolute Gasteiger partial charge is 0.495 e. The number of aromatic nitrogens is 3. The molecule has 1 fully saturated rings. The molecule has 0 amide bonds. The van der Waals surface area contributed by atoms with Crippen LogP contribution >= 0.6 is 0 Å². The summed E-state index contributed by atoms with van der Waals surface area (Å²) in [6, 6.07) is 9.61. The second kappa shape index (κ2) is 8.60. The molecule has 1 aromatic carbocycles. The summed E-state index contributed by atoms with van der Waals surface area (Å²) in [5.74, 6) is 1.18. The quantitative estimate of drug-likeness (QED) is 0.628. The van der Waals surface area contributed by atoms with E-state index in [0.29, 0.717) is 17.1 Å². The van der Waals surface area contributed by atoms with E-state index < -0.39 is 5.60 Å². The molecule has 8 heteroatoms. The predicted octanol–water partition coefficient (Wildman–Crippen LogP) is 3.74. The summed E-state index contributed by atoms with van der Waals surface area (Å²) >= 11 is 0. The van der Waals surface area contributed by atoms with Crippen LogP contribution in [0.5, 0.6) is 5.75 Å². The Morgan fingerprint density at radius 3 is 2.72 bits per heavy atom.